The van der Waals surface area contributed by atoms with Crippen LogP contribution in [0.3, 0.4) is 0 Å². The second-order valence-corrected chi connectivity index (χ2v) is 7.53. The van der Waals surface area contributed by atoms with Crippen molar-refractivity contribution in [2.24, 2.45) is 0 Å². The maximum atomic E-state index is 6.52. The van der Waals surface area contributed by atoms with Gasteiger partial charge < -0.3 is 20.9 Å². The van der Waals surface area contributed by atoms with Crippen molar-refractivity contribution >= 4 is 33.8 Å². The van der Waals surface area contributed by atoms with Crippen LogP contribution >= 0.6 is 0 Å². The van der Waals surface area contributed by atoms with Crippen molar-refractivity contribution in [3.05, 3.63) is 48.8 Å². The van der Waals surface area contributed by atoms with Crippen LogP contribution in [0, 0.1) is 0 Å². The molecule has 29 heavy (non-hydrogen) atoms. The van der Waals surface area contributed by atoms with E-state index in [9.17, 15) is 0 Å². The highest BCUT2D eigenvalue weighted by Crippen LogP contribution is 2.35. The summed E-state index contributed by atoms with van der Waals surface area (Å²) in [6.45, 7) is 7.11. The number of rotatable bonds is 7. The van der Waals surface area contributed by atoms with Gasteiger partial charge in [-0.2, -0.15) is 0 Å². The van der Waals surface area contributed by atoms with Gasteiger partial charge in [-0.1, -0.05) is 42.8 Å². The number of hydrogen-bond donors (Lipinski definition) is 2. The van der Waals surface area contributed by atoms with E-state index < -0.39 is 0 Å². The quantitative estimate of drug-likeness (QED) is 0.628. The molecule has 1 aliphatic rings. The molecule has 3 N–H and O–H groups in total. The van der Waals surface area contributed by atoms with Gasteiger partial charge in [0.15, 0.2) is 11.6 Å². The van der Waals surface area contributed by atoms with Crippen molar-refractivity contribution in [1.82, 2.24) is 14.9 Å². The monoisotopic (exact) mass is 390 g/mol. The molecule has 4 rings (SSSR count). The first kappa shape index (κ1) is 19.5. The summed E-state index contributed by atoms with van der Waals surface area (Å²) >= 11 is 0. The Labute approximate surface area is 172 Å². The van der Waals surface area contributed by atoms with E-state index in [4.69, 9.17) is 5.73 Å². The Bertz CT molecular complexity index is 946. The van der Waals surface area contributed by atoms with E-state index in [2.05, 4.69) is 74.5 Å². The fourth-order valence-electron chi connectivity index (χ4n) is 4.14. The molecule has 0 spiro atoms. The standard InChI is InChI=1S/C23H30N6/c1-2-29(20-12-8-10-18-9-4-5-11-19(18)20)23-21(24)22(26-17-27-23)25-13-16-28-14-6-3-7-15-28/h4-5,8-12,17H,2-3,6-7,13-16,24H2,1H3,(H,25,26,27). The molecule has 1 aliphatic heterocycles. The largest absolute Gasteiger partial charge is 0.393 e. The number of anilines is 4. The molecule has 0 atom stereocenters. The van der Waals surface area contributed by atoms with Crippen LogP contribution < -0.4 is 16.0 Å². The van der Waals surface area contributed by atoms with Crippen LogP contribution in [-0.4, -0.2) is 47.6 Å². The third-order valence-electron chi connectivity index (χ3n) is 5.66. The Morgan fingerprint density at radius 2 is 1.83 bits per heavy atom. The predicted molar refractivity (Wildman–Crippen MR) is 122 cm³/mol. The third-order valence-corrected chi connectivity index (χ3v) is 5.66. The molecule has 0 aliphatic carbocycles. The van der Waals surface area contributed by atoms with Gasteiger partial charge >= 0.3 is 0 Å². The van der Waals surface area contributed by atoms with Crippen LogP contribution in [0.1, 0.15) is 26.2 Å². The Balaban J connectivity index is 1.56. The molecule has 1 saturated heterocycles. The highest BCUT2D eigenvalue weighted by Gasteiger charge is 2.18. The number of piperidine rings is 1. The van der Waals surface area contributed by atoms with Crippen LogP contribution in [0.4, 0.5) is 23.0 Å². The summed E-state index contributed by atoms with van der Waals surface area (Å²) < 4.78 is 0. The Morgan fingerprint density at radius 1 is 1.03 bits per heavy atom. The molecule has 0 radical (unpaired) electrons. The zero-order valence-electron chi connectivity index (χ0n) is 17.1. The SMILES string of the molecule is CCN(c1ncnc(NCCN2CCCCC2)c1N)c1cccc2ccccc12. The third kappa shape index (κ3) is 4.27. The molecule has 1 fully saturated rings. The number of hydrogen-bond acceptors (Lipinski definition) is 6. The van der Waals surface area contributed by atoms with Crippen molar-refractivity contribution in [2.75, 3.05) is 48.7 Å². The van der Waals surface area contributed by atoms with Crippen LogP contribution in [0.25, 0.3) is 10.8 Å². The van der Waals surface area contributed by atoms with Crippen molar-refractivity contribution in [3.63, 3.8) is 0 Å². The average molecular weight is 391 g/mol. The lowest BCUT2D eigenvalue weighted by Crippen LogP contribution is -2.34. The first-order valence-electron chi connectivity index (χ1n) is 10.6. The molecule has 3 aromatic rings. The summed E-state index contributed by atoms with van der Waals surface area (Å²) in [6.07, 6.45) is 5.56. The van der Waals surface area contributed by atoms with E-state index in [0.717, 1.165) is 31.1 Å². The number of likely N-dealkylation sites (tertiary alicyclic amines) is 1. The fourth-order valence-corrected chi connectivity index (χ4v) is 4.14. The minimum absolute atomic E-state index is 0.598. The van der Waals surface area contributed by atoms with Gasteiger partial charge in [-0.3, -0.25) is 0 Å². The molecule has 0 unspecified atom stereocenters. The lowest BCUT2D eigenvalue weighted by atomic mass is 10.1. The van der Waals surface area contributed by atoms with E-state index in [1.165, 1.54) is 43.1 Å². The molecule has 6 heteroatoms. The number of aromatic nitrogens is 2. The topological polar surface area (TPSA) is 70.3 Å². The lowest BCUT2D eigenvalue weighted by molar-refractivity contribution is 0.237. The normalized spacial score (nSPS) is 14.8. The molecule has 0 saturated carbocycles. The van der Waals surface area contributed by atoms with Gasteiger partial charge in [-0.15, -0.1) is 0 Å². The van der Waals surface area contributed by atoms with Gasteiger partial charge in [-0.25, -0.2) is 9.97 Å². The van der Waals surface area contributed by atoms with Gasteiger partial charge in [0.2, 0.25) is 0 Å². The van der Waals surface area contributed by atoms with Crippen LogP contribution in [0.2, 0.25) is 0 Å². The summed E-state index contributed by atoms with van der Waals surface area (Å²) in [6, 6.07) is 14.7. The molecule has 1 aromatic heterocycles. The number of nitrogens with two attached hydrogens (primary N) is 1. The van der Waals surface area contributed by atoms with Gasteiger partial charge in [0, 0.05) is 25.0 Å². The number of benzene rings is 2. The lowest BCUT2D eigenvalue weighted by Gasteiger charge is -2.27. The molecule has 2 aromatic carbocycles. The molecular formula is C23H30N6. The Kier molecular flexibility index (Phi) is 6.10. The van der Waals surface area contributed by atoms with Crippen LogP contribution in [-0.2, 0) is 0 Å². The van der Waals surface area contributed by atoms with Crippen LogP contribution in [0.5, 0.6) is 0 Å². The van der Waals surface area contributed by atoms with Crippen molar-refractivity contribution in [2.45, 2.75) is 26.2 Å². The molecule has 6 nitrogen and oxygen atoms in total. The summed E-state index contributed by atoms with van der Waals surface area (Å²) in [5.74, 6) is 1.46. The second-order valence-electron chi connectivity index (χ2n) is 7.53. The van der Waals surface area contributed by atoms with E-state index >= 15 is 0 Å². The summed E-state index contributed by atoms with van der Waals surface area (Å²) in [7, 11) is 0. The van der Waals surface area contributed by atoms with Gasteiger partial charge in [0.05, 0.1) is 5.69 Å². The second kappa shape index (κ2) is 9.09. The predicted octanol–water partition coefficient (Wildman–Crippen LogP) is 4.27. The highest BCUT2D eigenvalue weighted by atomic mass is 15.2. The van der Waals surface area contributed by atoms with E-state index in [-0.39, 0.29) is 0 Å². The summed E-state index contributed by atoms with van der Waals surface area (Å²) in [5, 5.41) is 5.82. The van der Waals surface area contributed by atoms with Crippen molar-refractivity contribution < 1.29 is 0 Å². The van der Waals surface area contributed by atoms with Gasteiger partial charge in [0.1, 0.15) is 12.0 Å². The highest BCUT2D eigenvalue weighted by molar-refractivity contribution is 5.97. The van der Waals surface area contributed by atoms with Gasteiger partial charge in [0.25, 0.3) is 0 Å². The smallest absolute Gasteiger partial charge is 0.161 e. The minimum atomic E-state index is 0.598. The maximum absolute atomic E-state index is 6.52. The summed E-state index contributed by atoms with van der Waals surface area (Å²) in [5.41, 5.74) is 8.22. The Morgan fingerprint density at radius 3 is 2.66 bits per heavy atom. The number of nitrogen functional groups attached to an aromatic ring is 1. The fraction of sp³-hybridized carbons (Fsp3) is 0.391. The van der Waals surface area contributed by atoms with Crippen LogP contribution in [0.15, 0.2) is 48.8 Å². The molecular weight excluding hydrogens is 360 g/mol. The average Bonchev–Trinajstić information content (AvgIpc) is 2.77. The van der Waals surface area contributed by atoms with Crippen molar-refractivity contribution in [1.29, 1.82) is 0 Å². The number of nitrogens with zero attached hydrogens (tertiary/aromatic N) is 4. The molecule has 2 heterocycles. The number of fused-ring (bicyclic) bond motifs is 1. The molecule has 152 valence electrons. The first-order chi connectivity index (χ1) is 14.3. The molecule has 0 amide bonds. The maximum Gasteiger partial charge on any atom is 0.161 e. The van der Waals surface area contributed by atoms with E-state index in [1.54, 1.807) is 6.33 Å². The minimum Gasteiger partial charge on any atom is -0.393 e. The zero-order valence-corrected chi connectivity index (χ0v) is 17.1. The van der Waals surface area contributed by atoms with Crippen molar-refractivity contribution in [3.8, 4) is 0 Å². The van der Waals surface area contributed by atoms with E-state index in [1.807, 2.05) is 0 Å². The number of nitrogens with one attached hydrogen (secondary N) is 1. The Hall–Kier alpha value is -2.86. The molecule has 0 bridgehead atoms. The van der Waals surface area contributed by atoms with E-state index in [0.29, 0.717) is 11.5 Å². The summed E-state index contributed by atoms with van der Waals surface area (Å²) in [4.78, 5) is 13.6. The first-order valence-corrected chi connectivity index (χ1v) is 10.6. The zero-order chi connectivity index (χ0) is 20.1. The van der Waals surface area contributed by atoms with Gasteiger partial charge in [-0.05, 0) is 44.3 Å².